The van der Waals surface area contributed by atoms with Gasteiger partial charge in [0.1, 0.15) is 5.75 Å². The molecule has 0 bridgehead atoms. The number of benzene rings is 2. The fourth-order valence-corrected chi connectivity index (χ4v) is 9.86. The van der Waals surface area contributed by atoms with Crippen LogP contribution in [0.25, 0.3) is 0 Å². The van der Waals surface area contributed by atoms with E-state index in [1.807, 2.05) is 12.1 Å². The molecule has 38 heavy (non-hydrogen) atoms. The molecule has 4 aliphatic rings. The van der Waals surface area contributed by atoms with Gasteiger partial charge in [0.25, 0.3) is 0 Å². The Morgan fingerprint density at radius 3 is 2.18 bits per heavy atom. The van der Waals surface area contributed by atoms with Crippen LogP contribution in [0.1, 0.15) is 26.7 Å². The average Bonchev–Trinajstić information content (AvgIpc) is 3.28. The molecule has 2 saturated heterocycles. The van der Waals surface area contributed by atoms with Crippen LogP contribution >= 0.6 is 7.36 Å². The zero-order valence-corrected chi connectivity index (χ0v) is 23.6. The zero-order valence-electron chi connectivity index (χ0n) is 22.7. The third kappa shape index (κ3) is 4.68. The van der Waals surface area contributed by atoms with Gasteiger partial charge in [0.05, 0.1) is 55.9 Å². The van der Waals surface area contributed by atoms with Crippen LogP contribution in [0.2, 0.25) is 0 Å². The Morgan fingerprint density at radius 1 is 0.868 bits per heavy atom. The minimum atomic E-state index is -2.55. The standard InChI is InChI=1S/C29H38N5O3P/c1-29(2)21-26-28(27(22-29)32-13-17-36-18-14-32)38(33-15-19-37-20-16-33,31-23-9-11-25(35-3)12-10-23)34(30-26)24-7-5-4-6-8-24/h4-12H,13-22H2,1-3H3/t38-/m1/s1. The maximum atomic E-state index is 5.86. The second kappa shape index (κ2) is 10.5. The fourth-order valence-electron chi connectivity index (χ4n) is 5.94. The van der Waals surface area contributed by atoms with Crippen molar-refractivity contribution in [2.24, 2.45) is 15.3 Å². The number of para-hydroxylation sites is 1. The van der Waals surface area contributed by atoms with Crippen molar-refractivity contribution in [1.82, 2.24) is 9.57 Å². The number of anilines is 1. The number of hydrogen-bond donors (Lipinski definition) is 0. The number of nitrogens with zero attached hydrogens (tertiary/aromatic N) is 5. The van der Waals surface area contributed by atoms with E-state index < -0.39 is 7.36 Å². The van der Waals surface area contributed by atoms with Crippen LogP contribution in [-0.4, -0.2) is 75.0 Å². The van der Waals surface area contributed by atoms with E-state index in [-0.39, 0.29) is 5.41 Å². The molecule has 0 saturated carbocycles. The maximum Gasteiger partial charge on any atom is 0.180 e. The van der Waals surface area contributed by atoms with Crippen molar-refractivity contribution < 1.29 is 14.2 Å². The molecular weight excluding hydrogens is 497 g/mol. The van der Waals surface area contributed by atoms with Crippen LogP contribution in [0.3, 0.4) is 0 Å². The van der Waals surface area contributed by atoms with Crippen LogP contribution in [0.15, 0.2) is 75.5 Å². The van der Waals surface area contributed by atoms with Crippen molar-refractivity contribution in [1.29, 1.82) is 0 Å². The van der Waals surface area contributed by atoms with E-state index in [4.69, 9.17) is 24.1 Å². The van der Waals surface area contributed by atoms with E-state index in [1.54, 1.807) is 7.11 Å². The summed E-state index contributed by atoms with van der Waals surface area (Å²) in [5.74, 6) is 0.832. The molecular formula is C29H38N5O3P. The molecule has 0 radical (unpaired) electrons. The third-order valence-corrected chi connectivity index (χ3v) is 11.4. The highest BCUT2D eigenvalue weighted by Gasteiger charge is 2.51. The van der Waals surface area contributed by atoms with E-state index in [1.165, 1.54) is 16.7 Å². The Kier molecular flexibility index (Phi) is 7.08. The van der Waals surface area contributed by atoms with Gasteiger partial charge in [0, 0.05) is 31.9 Å². The van der Waals surface area contributed by atoms with E-state index in [0.29, 0.717) is 13.2 Å². The molecule has 2 aromatic carbocycles. The summed E-state index contributed by atoms with van der Waals surface area (Å²) in [6.45, 7) is 11.1. The molecule has 3 aliphatic heterocycles. The summed E-state index contributed by atoms with van der Waals surface area (Å²) in [5, 5.41) is 6.81. The predicted molar refractivity (Wildman–Crippen MR) is 153 cm³/mol. The molecule has 6 rings (SSSR count). The van der Waals surface area contributed by atoms with E-state index >= 15 is 0 Å². The van der Waals surface area contributed by atoms with Crippen molar-refractivity contribution in [3.05, 3.63) is 65.6 Å². The number of methoxy groups -OCH3 is 1. The Balaban J connectivity index is 1.65. The zero-order chi connectivity index (χ0) is 26.2. The van der Waals surface area contributed by atoms with Gasteiger partial charge < -0.3 is 19.1 Å². The maximum absolute atomic E-state index is 5.86. The van der Waals surface area contributed by atoms with Crippen molar-refractivity contribution in [2.75, 3.05) is 64.5 Å². The summed E-state index contributed by atoms with van der Waals surface area (Å²) < 4.78 is 27.7. The van der Waals surface area contributed by atoms with E-state index in [2.05, 4.69) is 70.7 Å². The van der Waals surface area contributed by atoms with Gasteiger partial charge in [-0.3, -0.25) is 0 Å². The van der Waals surface area contributed by atoms with Gasteiger partial charge >= 0.3 is 0 Å². The molecule has 1 atom stereocenters. The summed E-state index contributed by atoms with van der Waals surface area (Å²) in [5.41, 5.74) is 4.73. The largest absolute Gasteiger partial charge is 0.497 e. The van der Waals surface area contributed by atoms with Gasteiger partial charge in [-0.25, -0.2) is 14.2 Å². The molecule has 9 heteroatoms. The summed E-state index contributed by atoms with van der Waals surface area (Å²) >= 11 is 0. The van der Waals surface area contributed by atoms with Crippen LogP contribution in [0, 0.1) is 5.41 Å². The van der Waals surface area contributed by atoms with Gasteiger partial charge in [-0.2, -0.15) is 5.10 Å². The molecule has 1 aliphatic carbocycles. The van der Waals surface area contributed by atoms with Crippen molar-refractivity contribution >= 4 is 24.4 Å². The van der Waals surface area contributed by atoms with Gasteiger partial charge in [-0.1, -0.05) is 32.0 Å². The first-order valence-electron chi connectivity index (χ1n) is 13.6. The molecule has 0 N–H and O–H groups in total. The Hall–Kier alpha value is -2.64. The number of ether oxygens (including phenoxy) is 3. The number of hydrogen-bond acceptors (Lipinski definition) is 6. The van der Waals surface area contributed by atoms with E-state index in [0.717, 1.165) is 69.4 Å². The number of allylic oxidation sites excluding steroid dienone is 2. The average molecular weight is 536 g/mol. The normalized spacial score (nSPS) is 25.7. The fraction of sp³-hybridized carbons (Fsp3) is 0.483. The number of fused-ring (bicyclic) bond motifs is 1. The Labute approximate surface area is 226 Å². The lowest BCUT2D eigenvalue weighted by atomic mass is 9.78. The number of rotatable bonds is 5. The quantitative estimate of drug-likeness (QED) is 0.443. The molecule has 3 heterocycles. The molecule has 0 aromatic heterocycles. The van der Waals surface area contributed by atoms with Gasteiger partial charge in [0.2, 0.25) is 0 Å². The monoisotopic (exact) mass is 535 g/mol. The lowest BCUT2D eigenvalue weighted by molar-refractivity contribution is 0.0488. The highest BCUT2D eigenvalue weighted by atomic mass is 31.2. The second-order valence-electron chi connectivity index (χ2n) is 11.0. The topological polar surface area (TPSA) is 62.1 Å². The summed E-state index contributed by atoms with van der Waals surface area (Å²) in [7, 11) is -0.846. The predicted octanol–water partition coefficient (Wildman–Crippen LogP) is 5.93. The molecule has 0 spiro atoms. The van der Waals surface area contributed by atoms with Gasteiger partial charge in [-0.15, -0.1) is 0 Å². The first kappa shape index (κ1) is 25.6. The SMILES string of the molecule is COc1ccc(N=[P@@]2(N3CCOCC3)C3=C(N4CCOCC4)CC(C)(C)CC3=NN2c2ccccc2)cc1. The first-order valence-corrected chi connectivity index (χ1v) is 15.2. The number of morpholine rings is 2. The highest BCUT2D eigenvalue weighted by molar-refractivity contribution is 7.71. The van der Waals surface area contributed by atoms with Crippen LogP contribution in [0.4, 0.5) is 11.4 Å². The molecule has 2 fully saturated rings. The van der Waals surface area contributed by atoms with Gasteiger partial charge in [0.15, 0.2) is 7.36 Å². The third-order valence-electron chi connectivity index (χ3n) is 7.71. The number of hydrazone groups is 1. The van der Waals surface area contributed by atoms with E-state index in [9.17, 15) is 0 Å². The van der Waals surface area contributed by atoms with Crippen LogP contribution in [-0.2, 0) is 9.47 Å². The van der Waals surface area contributed by atoms with Crippen LogP contribution < -0.4 is 9.52 Å². The molecule has 0 amide bonds. The summed E-state index contributed by atoms with van der Waals surface area (Å²) in [4.78, 5) is 2.56. The lowest BCUT2D eigenvalue weighted by Crippen LogP contribution is -2.42. The second-order valence-corrected chi connectivity index (χ2v) is 13.7. The lowest BCUT2D eigenvalue weighted by Gasteiger charge is -2.45. The van der Waals surface area contributed by atoms with Crippen LogP contribution in [0.5, 0.6) is 5.75 Å². The molecule has 8 nitrogen and oxygen atoms in total. The van der Waals surface area contributed by atoms with Gasteiger partial charge in [-0.05, 0) is 54.7 Å². The smallest absolute Gasteiger partial charge is 0.180 e. The minimum absolute atomic E-state index is 0.115. The molecule has 0 unspecified atom stereocenters. The van der Waals surface area contributed by atoms with Crippen molar-refractivity contribution in [3.63, 3.8) is 0 Å². The summed E-state index contributed by atoms with van der Waals surface area (Å²) in [6, 6.07) is 18.7. The van der Waals surface area contributed by atoms with Crippen molar-refractivity contribution in [3.8, 4) is 5.75 Å². The molecule has 2 aromatic rings. The first-order chi connectivity index (χ1) is 18.5. The highest BCUT2D eigenvalue weighted by Crippen LogP contribution is 2.72. The minimum Gasteiger partial charge on any atom is -0.497 e. The van der Waals surface area contributed by atoms with Crippen molar-refractivity contribution in [2.45, 2.75) is 26.7 Å². The Bertz CT molecular complexity index is 1260. The summed E-state index contributed by atoms with van der Waals surface area (Å²) in [6.07, 6.45) is 1.94. The molecule has 202 valence electrons. The Morgan fingerprint density at radius 2 is 1.53 bits per heavy atom.